The molecule has 1 saturated carbocycles. The van der Waals surface area contributed by atoms with Crippen LogP contribution in [0.5, 0.6) is 0 Å². The van der Waals surface area contributed by atoms with Gasteiger partial charge in [-0.2, -0.15) is 0 Å². The maximum Gasteiger partial charge on any atom is 0.326 e. The van der Waals surface area contributed by atoms with Crippen molar-refractivity contribution in [1.82, 2.24) is 4.57 Å². The minimum absolute atomic E-state index is 0.00359. The van der Waals surface area contributed by atoms with Gasteiger partial charge in [0, 0.05) is 11.3 Å². The lowest BCUT2D eigenvalue weighted by molar-refractivity contribution is -0.155. The summed E-state index contributed by atoms with van der Waals surface area (Å²) in [4.78, 5) is 24.1. The van der Waals surface area contributed by atoms with Crippen molar-refractivity contribution in [2.24, 2.45) is 0 Å². The van der Waals surface area contributed by atoms with Crippen molar-refractivity contribution in [2.45, 2.75) is 58.6 Å². The quantitative estimate of drug-likeness (QED) is 0.787. The van der Waals surface area contributed by atoms with E-state index >= 15 is 0 Å². The van der Waals surface area contributed by atoms with E-state index in [0.29, 0.717) is 11.5 Å². The summed E-state index contributed by atoms with van der Waals surface area (Å²) in [6, 6.07) is 3.79. The van der Waals surface area contributed by atoms with Crippen molar-refractivity contribution in [3.63, 3.8) is 0 Å². The van der Waals surface area contributed by atoms with Gasteiger partial charge in [0.25, 0.3) is 5.56 Å². The highest BCUT2D eigenvalue weighted by molar-refractivity contribution is 5.69. The fraction of sp³-hybridized carbons (Fsp3) is 0.600. The van der Waals surface area contributed by atoms with Gasteiger partial charge in [-0.15, -0.1) is 0 Å². The van der Waals surface area contributed by atoms with Crippen LogP contribution in [0.25, 0.3) is 0 Å². The van der Waals surface area contributed by atoms with Crippen LogP contribution in [0.1, 0.15) is 50.8 Å². The van der Waals surface area contributed by atoms with Crippen molar-refractivity contribution in [3.05, 3.63) is 33.7 Å². The second kappa shape index (κ2) is 4.83. The molecule has 0 bridgehead atoms. The number of carbonyl (C=O) groups is 1. The van der Waals surface area contributed by atoms with Gasteiger partial charge in [0.2, 0.25) is 0 Å². The predicted molar refractivity (Wildman–Crippen MR) is 73.3 cm³/mol. The highest BCUT2D eigenvalue weighted by Crippen LogP contribution is 2.39. The van der Waals surface area contributed by atoms with E-state index in [1.807, 2.05) is 32.9 Å². The molecule has 1 aromatic heterocycles. The molecule has 0 N–H and O–H groups in total. The molecule has 1 aliphatic carbocycles. The van der Waals surface area contributed by atoms with Crippen LogP contribution in [0.4, 0.5) is 0 Å². The Morgan fingerprint density at radius 3 is 2.53 bits per heavy atom. The van der Waals surface area contributed by atoms with Gasteiger partial charge in [-0.3, -0.25) is 9.59 Å². The average Bonchev–Trinajstić information content (AvgIpc) is 3.06. The van der Waals surface area contributed by atoms with Gasteiger partial charge in [0.05, 0.1) is 0 Å². The third-order valence-corrected chi connectivity index (χ3v) is 3.10. The van der Waals surface area contributed by atoms with E-state index in [2.05, 4.69) is 0 Å². The van der Waals surface area contributed by atoms with Gasteiger partial charge < -0.3 is 9.30 Å². The molecule has 0 aliphatic heterocycles. The van der Waals surface area contributed by atoms with Crippen molar-refractivity contribution in [2.75, 3.05) is 0 Å². The SMILES string of the molecule is Cc1ccc(C2CC2)n(CC(=O)OC(C)(C)C)c1=O. The van der Waals surface area contributed by atoms with Gasteiger partial charge >= 0.3 is 5.97 Å². The molecule has 0 radical (unpaired) electrons. The van der Waals surface area contributed by atoms with E-state index in [1.165, 1.54) is 0 Å². The highest BCUT2D eigenvalue weighted by atomic mass is 16.6. The van der Waals surface area contributed by atoms with Crippen LogP contribution >= 0.6 is 0 Å². The molecule has 4 nitrogen and oxygen atoms in total. The van der Waals surface area contributed by atoms with Crippen LogP contribution in [-0.4, -0.2) is 16.1 Å². The number of rotatable bonds is 3. The van der Waals surface area contributed by atoms with Gasteiger partial charge in [-0.25, -0.2) is 0 Å². The van der Waals surface area contributed by atoms with Crippen molar-refractivity contribution in [1.29, 1.82) is 0 Å². The van der Waals surface area contributed by atoms with Crippen molar-refractivity contribution < 1.29 is 9.53 Å². The van der Waals surface area contributed by atoms with Gasteiger partial charge in [-0.1, -0.05) is 6.07 Å². The largest absolute Gasteiger partial charge is 0.459 e. The number of esters is 1. The predicted octanol–water partition coefficient (Wildman–Crippen LogP) is 2.38. The van der Waals surface area contributed by atoms with Gasteiger partial charge in [0.1, 0.15) is 12.1 Å². The first kappa shape index (κ1) is 13.8. The maximum atomic E-state index is 12.2. The topological polar surface area (TPSA) is 48.3 Å². The molecule has 1 heterocycles. The molecule has 0 unspecified atom stereocenters. The van der Waals surface area contributed by atoms with E-state index in [1.54, 1.807) is 11.5 Å². The molecule has 0 atom stereocenters. The lowest BCUT2D eigenvalue weighted by atomic mass is 10.2. The van der Waals surface area contributed by atoms with Crippen LogP contribution in [0, 0.1) is 6.92 Å². The Morgan fingerprint density at radius 2 is 2.00 bits per heavy atom. The van der Waals surface area contributed by atoms with E-state index in [9.17, 15) is 9.59 Å². The Balaban J connectivity index is 2.26. The molecule has 2 rings (SSSR count). The number of ether oxygens (including phenoxy) is 1. The summed E-state index contributed by atoms with van der Waals surface area (Å²) in [5, 5.41) is 0. The first-order valence-corrected chi connectivity index (χ1v) is 6.70. The normalized spacial score (nSPS) is 15.4. The maximum absolute atomic E-state index is 12.2. The summed E-state index contributed by atoms with van der Waals surface area (Å²) in [5.41, 5.74) is 1.01. The second-order valence-electron chi connectivity index (χ2n) is 6.19. The zero-order valence-corrected chi connectivity index (χ0v) is 12.0. The first-order valence-electron chi connectivity index (χ1n) is 6.70. The van der Waals surface area contributed by atoms with Crippen LogP contribution in [0.2, 0.25) is 0 Å². The van der Waals surface area contributed by atoms with Crippen molar-refractivity contribution >= 4 is 5.97 Å². The second-order valence-corrected chi connectivity index (χ2v) is 6.19. The van der Waals surface area contributed by atoms with Gasteiger partial charge in [-0.05, 0) is 52.5 Å². The Bertz CT molecular complexity index is 547. The molecular formula is C15H21NO3. The number of hydrogen-bond acceptors (Lipinski definition) is 3. The van der Waals surface area contributed by atoms with Crippen LogP contribution < -0.4 is 5.56 Å². The van der Waals surface area contributed by atoms with Crippen LogP contribution in [0.15, 0.2) is 16.9 Å². The van der Waals surface area contributed by atoms with E-state index in [0.717, 1.165) is 18.5 Å². The molecule has 1 aromatic rings. The molecule has 0 aromatic carbocycles. The molecule has 104 valence electrons. The third kappa shape index (κ3) is 3.46. The standard InChI is InChI=1S/C15H21NO3/c1-10-5-8-12(11-6-7-11)16(14(10)18)9-13(17)19-15(2,3)4/h5,8,11H,6-7,9H2,1-4H3. The molecule has 4 heteroatoms. The minimum Gasteiger partial charge on any atom is -0.459 e. The Hall–Kier alpha value is -1.58. The highest BCUT2D eigenvalue weighted by Gasteiger charge is 2.28. The third-order valence-electron chi connectivity index (χ3n) is 3.10. The Morgan fingerprint density at radius 1 is 1.37 bits per heavy atom. The van der Waals surface area contributed by atoms with Crippen molar-refractivity contribution in [3.8, 4) is 0 Å². The van der Waals surface area contributed by atoms with Crippen LogP contribution in [-0.2, 0) is 16.1 Å². The summed E-state index contributed by atoms with van der Waals surface area (Å²) in [5.74, 6) is 0.0674. The average molecular weight is 263 g/mol. The molecular weight excluding hydrogens is 242 g/mol. The molecule has 19 heavy (non-hydrogen) atoms. The monoisotopic (exact) mass is 263 g/mol. The molecule has 0 saturated heterocycles. The first-order chi connectivity index (χ1) is 8.78. The Kier molecular flexibility index (Phi) is 3.52. The molecule has 0 amide bonds. The summed E-state index contributed by atoms with van der Waals surface area (Å²) >= 11 is 0. The fourth-order valence-corrected chi connectivity index (χ4v) is 2.10. The fourth-order valence-electron chi connectivity index (χ4n) is 2.10. The smallest absolute Gasteiger partial charge is 0.326 e. The van der Waals surface area contributed by atoms with E-state index in [4.69, 9.17) is 4.74 Å². The lowest BCUT2D eigenvalue weighted by Crippen LogP contribution is -2.32. The number of aromatic nitrogens is 1. The summed E-state index contributed by atoms with van der Waals surface area (Å²) in [6.45, 7) is 7.25. The van der Waals surface area contributed by atoms with E-state index in [-0.39, 0.29) is 18.1 Å². The number of hydrogen-bond donors (Lipinski definition) is 0. The van der Waals surface area contributed by atoms with Crippen LogP contribution in [0.3, 0.4) is 0 Å². The number of carbonyl (C=O) groups excluding carboxylic acids is 1. The minimum atomic E-state index is -0.524. The number of pyridine rings is 1. The van der Waals surface area contributed by atoms with E-state index < -0.39 is 5.60 Å². The molecule has 1 aliphatic rings. The molecule has 0 spiro atoms. The lowest BCUT2D eigenvalue weighted by Gasteiger charge is -2.21. The molecule has 1 fully saturated rings. The Labute approximate surface area is 113 Å². The summed E-state index contributed by atoms with van der Waals surface area (Å²) in [6.07, 6.45) is 2.19. The van der Waals surface area contributed by atoms with Gasteiger partial charge in [0.15, 0.2) is 0 Å². The zero-order chi connectivity index (χ0) is 14.2. The zero-order valence-electron chi connectivity index (χ0n) is 12.0. The summed E-state index contributed by atoms with van der Waals surface area (Å²) < 4.78 is 6.86. The number of nitrogens with zero attached hydrogens (tertiary/aromatic N) is 1. The number of aryl methyl sites for hydroxylation is 1. The summed E-state index contributed by atoms with van der Waals surface area (Å²) in [7, 11) is 0.